The van der Waals surface area contributed by atoms with Gasteiger partial charge in [0.1, 0.15) is 0 Å². The molecule has 3 nitrogen and oxygen atoms in total. The zero-order valence-corrected chi connectivity index (χ0v) is 12.5. The third-order valence-electron chi connectivity index (χ3n) is 2.81. The van der Waals surface area contributed by atoms with Crippen molar-refractivity contribution in [3.8, 4) is 0 Å². The lowest BCUT2D eigenvalue weighted by molar-refractivity contribution is 0.413. The highest BCUT2D eigenvalue weighted by Crippen LogP contribution is 2.34. The van der Waals surface area contributed by atoms with E-state index in [-0.39, 0.29) is 0 Å². The molecule has 5 heteroatoms. The van der Waals surface area contributed by atoms with Crippen molar-refractivity contribution < 1.29 is 0 Å². The van der Waals surface area contributed by atoms with Crippen molar-refractivity contribution >= 4 is 34.8 Å². The summed E-state index contributed by atoms with van der Waals surface area (Å²) in [7, 11) is 4.13. The van der Waals surface area contributed by atoms with Gasteiger partial charge in [-0.05, 0) is 38.4 Å². The number of thioether (sulfide) groups is 1. The Morgan fingerprint density at radius 3 is 3.00 bits per heavy atom. The molecule has 1 aromatic carbocycles. The van der Waals surface area contributed by atoms with Crippen LogP contribution in [0.2, 0.25) is 0 Å². The van der Waals surface area contributed by atoms with Crippen molar-refractivity contribution in [3.05, 3.63) is 24.3 Å². The van der Waals surface area contributed by atoms with E-state index in [0.29, 0.717) is 0 Å². The van der Waals surface area contributed by atoms with E-state index in [1.54, 1.807) is 0 Å². The molecule has 1 aliphatic rings. The second-order valence-corrected chi connectivity index (χ2v) is 6.03. The molecule has 0 saturated carbocycles. The number of nitrogens with one attached hydrogen (secondary N) is 1. The van der Waals surface area contributed by atoms with E-state index in [1.165, 1.54) is 10.6 Å². The van der Waals surface area contributed by atoms with E-state index in [9.17, 15) is 0 Å². The highest BCUT2D eigenvalue weighted by Gasteiger charge is 2.19. The normalized spacial score (nSPS) is 14.5. The molecule has 0 fully saturated rings. The molecule has 1 N–H and O–H groups in total. The van der Waals surface area contributed by atoms with E-state index < -0.39 is 0 Å². The van der Waals surface area contributed by atoms with Crippen LogP contribution in [0.3, 0.4) is 0 Å². The number of thiocarbonyl (C=S) groups is 1. The molecule has 0 atom stereocenters. The van der Waals surface area contributed by atoms with Gasteiger partial charge in [0.2, 0.25) is 0 Å². The molecular formula is C13H19N3S2. The van der Waals surface area contributed by atoms with Crippen LogP contribution in [-0.2, 0) is 0 Å². The summed E-state index contributed by atoms with van der Waals surface area (Å²) in [6.07, 6.45) is 0. The molecule has 0 bridgehead atoms. The molecule has 0 saturated heterocycles. The number of likely N-dealkylation sites (N-methyl/N-ethyl adjacent to an activating group) is 1. The van der Waals surface area contributed by atoms with E-state index in [1.807, 2.05) is 11.8 Å². The average molecular weight is 281 g/mol. The molecule has 1 aliphatic heterocycles. The molecule has 0 unspecified atom stereocenters. The predicted octanol–water partition coefficient (Wildman–Crippen LogP) is 2.03. The molecule has 1 aromatic rings. The molecule has 1 heterocycles. The molecular weight excluding hydrogens is 262 g/mol. The third kappa shape index (κ3) is 3.37. The Kier molecular flexibility index (Phi) is 4.86. The van der Waals surface area contributed by atoms with Gasteiger partial charge in [0.05, 0.1) is 5.69 Å². The first kappa shape index (κ1) is 13.6. The van der Waals surface area contributed by atoms with Gasteiger partial charge in [0, 0.05) is 30.3 Å². The summed E-state index contributed by atoms with van der Waals surface area (Å²) in [6.45, 7) is 2.86. The topological polar surface area (TPSA) is 18.5 Å². The van der Waals surface area contributed by atoms with Crippen LogP contribution in [0.25, 0.3) is 0 Å². The first-order valence-corrected chi connectivity index (χ1v) is 7.50. The standard InChI is InChI=1S/C13H19N3S2/c1-15(2)8-7-14-13(17)16-9-10-18-12-6-4-3-5-11(12)16/h3-6H,7-10H2,1-2H3,(H,14,17). The Morgan fingerprint density at radius 2 is 2.22 bits per heavy atom. The predicted molar refractivity (Wildman–Crippen MR) is 83.7 cm³/mol. The van der Waals surface area contributed by atoms with Gasteiger partial charge in [-0.25, -0.2) is 0 Å². The largest absolute Gasteiger partial charge is 0.361 e. The number of nitrogens with zero attached hydrogens (tertiary/aromatic N) is 2. The van der Waals surface area contributed by atoms with Gasteiger partial charge in [-0.3, -0.25) is 0 Å². The van der Waals surface area contributed by atoms with Gasteiger partial charge in [0.15, 0.2) is 5.11 Å². The van der Waals surface area contributed by atoms with Crippen molar-refractivity contribution in [3.63, 3.8) is 0 Å². The lowest BCUT2D eigenvalue weighted by Crippen LogP contribution is -2.44. The molecule has 0 aromatic heterocycles. The van der Waals surface area contributed by atoms with Crippen molar-refractivity contribution in [2.75, 3.05) is 44.4 Å². The van der Waals surface area contributed by atoms with Crippen LogP contribution in [0, 0.1) is 0 Å². The Hall–Kier alpha value is -0.780. The fourth-order valence-corrected chi connectivity index (χ4v) is 3.15. The second-order valence-electron chi connectivity index (χ2n) is 4.50. The van der Waals surface area contributed by atoms with Gasteiger partial charge >= 0.3 is 0 Å². The van der Waals surface area contributed by atoms with Crippen molar-refractivity contribution in [2.24, 2.45) is 0 Å². The zero-order chi connectivity index (χ0) is 13.0. The van der Waals surface area contributed by atoms with Crippen LogP contribution in [0.15, 0.2) is 29.2 Å². The van der Waals surface area contributed by atoms with Crippen molar-refractivity contribution in [1.82, 2.24) is 10.2 Å². The van der Waals surface area contributed by atoms with Crippen LogP contribution >= 0.6 is 24.0 Å². The fourth-order valence-electron chi connectivity index (χ4n) is 1.86. The summed E-state index contributed by atoms with van der Waals surface area (Å²) in [5.74, 6) is 1.09. The highest BCUT2D eigenvalue weighted by atomic mass is 32.2. The van der Waals surface area contributed by atoms with Crippen LogP contribution in [0.4, 0.5) is 5.69 Å². The quantitative estimate of drug-likeness (QED) is 0.852. The summed E-state index contributed by atoms with van der Waals surface area (Å²) in [6, 6.07) is 8.45. The first-order valence-electron chi connectivity index (χ1n) is 6.10. The summed E-state index contributed by atoms with van der Waals surface area (Å²) >= 11 is 7.39. The minimum Gasteiger partial charge on any atom is -0.361 e. The summed E-state index contributed by atoms with van der Waals surface area (Å²) in [5, 5.41) is 4.17. The summed E-state index contributed by atoms with van der Waals surface area (Å²) in [5.41, 5.74) is 1.23. The Morgan fingerprint density at radius 1 is 1.44 bits per heavy atom. The smallest absolute Gasteiger partial charge is 0.173 e. The van der Waals surface area contributed by atoms with Gasteiger partial charge in [-0.1, -0.05) is 12.1 Å². The van der Waals surface area contributed by atoms with Gasteiger partial charge in [-0.2, -0.15) is 0 Å². The number of fused-ring (bicyclic) bond motifs is 1. The fraction of sp³-hybridized carbons (Fsp3) is 0.462. The zero-order valence-electron chi connectivity index (χ0n) is 10.8. The van der Waals surface area contributed by atoms with Gasteiger partial charge in [0.25, 0.3) is 0 Å². The SMILES string of the molecule is CN(C)CCNC(=S)N1CCSc2ccccc21. The number of rotatable bonds is 3. The van der Waals surface area contributed by atoms with Crippen LogP contribution in [-0.4, -0.2) is 49.5 Å². The minimum atomic E-state index is 0.838. The van der Waals surface area contributed by atoms with E-state index in [0.717, 1.165) is 30.5 Å². The maximum Gasteiger partial charge on any atom is 0.173 e. The van der Waals surface area contributed by atoms with Gasteiger partial charge in [-0.15, -0.1) is 11.8 Å². The molecule has 0 radical (unpaired) electrons. The monoisotopic (exact) mass is 281 g/mol. The first-order chi connectivity index (χ1) is 8.68. The number of para-hydroxylation sites is 1. The van der Waals surface area contributed by atoms with Crippen LogP contribution in [0.5, 0.6) is 0 Å². The Balaban J connectivity index is 1.99. The van der Waals surface area contributed by atoms with Crippen molar-refractivity contribution in [2.45, 2.75) is 4.90 Å². The molecule has 0 spiro atoms. The number of hydrogen-bond donors (Lipinski definition) is 1. The number of anilines is 1. The molecule has 2 rings (SSSR count). The summed E-state index contributed by atoms with van der Waals surface area (Å²) < 4.78 is 0. The Labute approximate surface area is 119 Å². The Bertz CT molecular complexity index is 420. The molecule has 0 amide bonds. The molecule has 0 aliphatic carbocycles. The molecule has 18 heavy (non-hydrogen) atoms. The lowest BCUT2D eigenvalue weighted by Gasteiger charge is -2.31. The maximum atomic E-state index is 5.49. The van der Waals surface area contributed by atoms with Crippen LogP contribution in [0.1, 0.15) is 0 Å². The third-order valence-corrected chi connectivity index (χ3v) is 4.22. The highest BCUT2D eigenvalue weighted by molar-refractivity contribution is 7.99. The number of hydrogen-bond acceptors (Lipinski definition) is 3. The van der Waals surface area contributed by atoms with Crippen LogP contribution < -0.4 is 10.2 Å². The molecule has 98 valence electrons. The number of benzene rings is 1. The van der Waals surface area contributed by atoms with E-state index >= 15 is 0 Å². The van der Waals surface area contributed by atoms with E-state index in [4.69, 9.17) is 12.2 Å². The van der Waals surface area contributed by atoms with Gasteiger partial charge < -0.3 is 15.1 Å². The minimum absolute atomic E-state index is 0.838. The maximum absolute atomic E-state index is 5.49. The van der Waals surface area contributed by atoms with E-state index in [2.05, 4.69) is 53.5 Å². The average Bonchev–Trinajstić information content (AvgIpc) is 2.37. The van der Waals surface area contributed by atoms with Crippen molar-refractivity contribution in [1.29, 1.82) is 0 Å². The lowest BCUT2D eigenvalue weighted by atomic mass is 10.3. The second kappa shape index (κ2) is 6.41. The summed E-state index contributed by atoms with van der Waals surface area (Å²) in [4.78, 5) is 5.67.